The Morgan fingerprint density at radius 3 is 2.58 bits per heavy atom. The first-order valence-electron chi connectivity index (χ1n) is 9.73. The zero-order valence-corrected chi connectivity index (χ0v) is 16.4. The van der Waals surface area contributed by atoms with Crippen molar-refractivity contribution in [2.24, 2.45) is 5.92 Å². The van der Waals surface area contributed by atoms with Gasteiger partial charge in [0.2, 0.25) is 17.7 Å². The van der Waals surface area contributed by atoms with Crippen LogP contribution in [0.1, 0.15) is 6.42 Å². The summed E-state index contributed by atoms with van der Waals surface area (Å²) in [5.41, 5.74) is 0.825. The Morgan fingerprint density at radius 1 is 1.00 bits per heavy atom. The van der Waals surface area contributed by atoms with Crippen molar-refractivity contribution >= 4 is 39.9 Å². The normalized spacial score (nSPS) is 15.9. The van der Waals surface area contributed by atoms with Gasteiger partial charge in [-0.15, -0.1) is 0 Å². The van der Waals surface area contributed by atoms with E-state index in [9.17, 15) is 23.2 Å². The quantitative estimate of drug-likeness (QED) is 0.662. The molecule has 0 radical (unpaired) electrons. The number of nitrogens with zero attached hydrogens (tertiary/aromatic N) is 1. The van der Waals surface area contributed by atoms with Crippen LogP contribution in [0.2, 0.25) is 0 Å². The van der Waals surface area contributed by atoms with Crippen LogP contribution in [-0.4, -0.2) is 30.8 Å². The molecule has 1 unspecified atom stereocenters. The van der Waals surface area contributed by atoms with Gasteiger partial charge >= 0.3 is 0 Å². The number of amides is 3. The van der Waals surface area contributed by atoms with E-state index in [2.05, 4.69) is 10.6 Å². The highest BCUT2D eigenvalue weighted by atomic mass is 19.2. The van der Waals surface area contributed by atoms with E-state index in [0.717, 1.165) is 28.6 Å². The number of benzene rings is 3. The number of hydrogen-bond donors (Lipinski definition) is 2. The molecule has 4 rings (SSSR count). The fourth-order valence-electron chi connectivity index (χ4n) is 3.65. The maximum absolute atomic E-state index is 13.2. The minimum Gasteiger partial charge on any atom is -0.347 e. The van der Waals surface area contributed by atoms with Gasteiger partial charge in [-0.25, -0.2) is 8.78 Å². The highest BCUT2D eigenvalue weighted by Crippen LogP contribution is 2.31. The van der Waals surface area contributed by atoms with Gasteiger partial charge in [0.1, 0.15) is 0 Å². The lowest BCUT2D eigenvalue weighted by atomic mass is 10.1. The summed E-state index contributed by atoms with van der Waals surface area (Å²) >= 11 is 0. The van der Waals surface area contributed by atoms with Crippen molar-refractivity contribution in [3.63, 3.8) is 0 Å². The van der Waals surface area contributed by atoms with Crippen LogP contribution in [0.25, 0.3) is 10.8 Å². The molecule has 0 bridgehead atoms. The standard InChI is InChI=1S/C23H19F2N3O3/c24-18-9-8-16(11-19(18)25)27-21(29)12-26-23(31)15-10-22(30)28(13-15)20-7-3-5-14-4-1-2-6-17(14)20/h1-9,11,15H,10,12-13H2,(H,26,31)(H,27,29). The fourth-order valence-corrected chi connectivity index (χ4v) is 3.65. The Labute approximate surface area is 176 Å². The van der Waals surface area contributed by atoms with Crippen molar-refractivity contribution in [3.05, 3.63) is 72.3 Å². The molecule has 3 aromatic carbocycles. The van der Waals surface area contributed by atoms with E-state index in [1.165, 1.54) is 6.07 Å². The first-order chi connectivity index (χ1) is 14.9. The second-order valence-corrected chi connectivity index (χ2v) is 7.30. The molecule has 8 heteroatoms. The van der Waals surface area contributed by atoms with E-state index in [-0.39, 0.29) is 31.1 Å². The predicted molar refractivity (Wildman–Crippen MR) is 112 cm³/mol. The van der Waals surface area contributed by atoms with Crippen molar-refractivity contribution < 1.29 is 23.2 Å². The van der Waals surface area contributed by atoms with Crippen LogP contribution in [0.3, 0.4) is 0 Å². The zero-order valence-electron chi connectivity index (χ0n) is 16.4. The van der Waals surface area contributed by atoms with Gasteiger partial charge in [0.25, 0.3) is 0 Å². The molecular formula is C23H19F2N3O3. The smallest absolute Gasteiger partial charge is 0.243 e. The van der Waals surface area contributed by atoms with E-state index < -0.39 is 29.4 Å². The first kappa shape index (κ1) is 20.5. The lowest BCUT2D eigenvalue weighted by Gasteiger charge is -2.19. The van der Waals surface area contributed by atoms with Crippen molar-refractivity contribution in [1.82, 2.24) is 5.32 Å². The molecule has 1 heterocycles. The molecule has 31 heavy (non-hydrogen) atoms. The van der Waals surface area contributed by atoms with Crippen LogP contribution < -0.4 is 15.5 Å². The van der Waals surface area contributed by atoms with Gasteiger partial charge in [0.15, 0.2) is 11.6 Å². The van der Waals surface area contributed by atoms with Gasteiger partial charge in [-0.1, -0.05) is 36.4 Å². The summed E-state index contributed by atoms with van der Waals surface area (Å²) in [7, 11) is 0. The summed E-state index contributed by atoms with van der Waals surface area (Å²) in [4.78, 5) is 38.7. The Hall–Kier alpha value is -3.81. The van der Waals surface area contributed by atoms with E-state index in [1.54, 1.807) is 4.90 Å². The minimum atomic E-state index is -1.08. The average Bonchev–Trinajstić information content (AvgIpc) is 3.15. The molecule has 2 N–H and O–H groups in total. The first-order valence-corrected chi connectivity index (χ1v) is 9.73. The Balaban J connectivity index is 1.37. The van der Waals surface area contributed by atoms with E-state index >= 15 is 0 Å². The molecule has 1 atom stereocenters. The fraction of sp³-hybridized carbons (Fsp3) is 0.174. The number of fused-ring (bicyclic) bond motifs is 1. The number of carbonyl (C=O) groups is 3. The minimum absolute atomic E-state index is 0.0415. The molecule has 1 aliphatic heterocycles. The van der Waals surface area contributed by atoms with Gasteiger partial charge in [0, 0.05) is 30.1 Å². The third kappa shape index (κ3) is 4.37. The van der Waals surface area contributed by atoms with Crippen LogP contribution >= 0.6 is 0 Å². The molecule has 0 spiro atoms. The van der Waals surface area contributed by atoms with Crippen molar-refractivity contribution in [3.8, 4) is 0 Å². The van der Waals surface area contributed by atoms with Gasteiger partial charge in [0.05, 0.1) is 18.2 Å². The van der Waals surface area contributed by atoms with Crippen molar-refractivity contribution in [2.45, 2.75) is 6.42 Å². The monoisotopic (exact) mass is 423 g/mol. The van der Waals surface area contributed by atoms with E-state index in [4.69, 9.17) is 0 Å². The Kier molecular flexibility index (Phi) is 5.62. The molecule has 0 saturated carbocycles. The lowest BCUT2D eigenvalue weighted by molar-refractivity contribution is -0.127. The van der Waals surface area contributed by atoms with Gasteiger partial charge in [-0.3, -0.25) is 14.4 Å². The van der Waals surface area contributed by atoms with Crippen LogP contribution in [0.4, 0.5) is 20.2 Å². The third-order valence-electron chi connectivity index (χ3n) is 5.18. The van der Waals surface area contributed by atoms with Crippen LogP contribution in [0, 0.1) is 17.6 Å². The topological polar surface area (TPSA) is 78.5 Å². The Bertz CT molecular complexity index is 1180. The second kappa shape index (κ2) is 8.51. The third-order valence-corrected chi connectivity index (χ3v) is 5.18. The maximum Gasteiger partial charge on any atom is 0.243 e. The zero-order chi connectivity index (χ0) is 22.0. The number of carbonyl (C=O) groups excluding carboxylic acids is 3. The molecule has 0 aromatic heterocycles. The molecular weight excluding hydrogens is 404 g/mol. The molecule has 6 nitrogen and oxygen atoms in total. The number of nitrogens with one attached hydrogen (secondary N) is 2. The molecule has 158 valence electrons. The second-order valence-electron chi connectivity index (χ2n) is 7.30. The van der Waals surface area contributed by atoms with Crippen molar-refractivity contribution in [1.29, 1.82) is 0 Å². The SMILES string of the molecule is O=C(CNC(=O)C1CC(=O)N(c2cccc3ccccc23)C1)Nc1ccc(F)c(F)c1. The van der Waals surface area contributed by atoms with Crippen LogP contribution in [0.15, 0.2) is 60.7 Å². The highest BCUT2D eigenvalue weighted by molar-refractivity contribution is 6.07. The molecule has 3 amide bonds. The van der Waals surface area contributed by atoms with E-state index in [1.807, 2.05) is 42.5 Å². The number of halogens is 2. The molecule has 1 aliphatic rings. The Morgan fingerprint density at radius 2 is 1.77 bits per heavy atom. The summed E-state index contributed by atoms with van der Waals surface area (Å²) in [5.74, 6) is -3.87. The predicted octanol–water partition coefficient (Wildman–Crippen LogP) is 3.23. The van der Waals surface area contributed by atoms with E-state index in [0.29, 0.717) is 0 Å². The molecule has 1 fully saturated rings. The number of rotatable bonds is 5. The maximum atomic E-state index is 13.2. The summed E-state index contributed by atoms with van der Waals surface area (Å²) < 4.78 is 26.2. The molecule has 1 saturated heterocycles. The highest BCUT2D eigenvalue weighted by Gasteiger charge is 2.35. The van der Waals surface area contributed by atoms with Crippen LogP contribution in [-0.2, 0) is 14.4 Å². The summed E-state index contributed by atoms with van der Waals surface area (Å²) in [5, 5.41) is 6.80. The van der Waals surface area contributed by atoms with Gasteiger partial charge < -0.3 is 15.5 Å². The summed E-state index contributed by atoms with van der Waals surface area (Å²) in [6.07, 6.45) is 0.0415. The summed E-state index contributed by atoms with van der Waals surface area (Å²) in [6, 6.07) is 16.3. The lowest BCUT2D eigenvalue weighted by Crippen LogP contribution is -2.38. The summed E-state index contributed by atoms with van der Waals surface area (Å²) in [6.45, 7) is -0.139. The van der Waals surface area contributed by atoms with Crippen LogP contribution in [0.5, 0.6) is 0 Å². The molecule has 0 aliphatic carbocycles. The van der Waals surface area contributed by atoms with Gasteiger partial charge in [-0.2, -0.15) is 0 Å². The number of anilines is 2. The molecule has 3 aromatic rings. The van der Waals surface area contributed by atoms with Crippen molar-refractivity contribution in [2.75, 3.05) is 23.3 Å². The van der Waals surface area contributed by atoms with Gasteiger partial charge in [-0.05, 0) is 23.6 Å². The largest absolute Gasteiger partial charge is 0.347 e. The number of hydrogen-bond acceptors (Lipinski definition) is 3. The average molecular weight is 423 g/mol.